The van der Waals surface area contributed by atoms with Gasteiger partial charge in [-0.25, -0.2) is 4.98 Å². The van der Waals surface area contributed by atoms with Crippen molar-refractivity contribution in [3.8, 4) is 11.5 Å². The minimum absolute atomic E-state index is 0.391. The summed E-state index contributed by atoms with van der Waals surface area (Å²) in [4.78, 5) is 9.14. The maximum absolute atomic E-state index is 5.89. The van der Waals surface area contributed by atoms with Crippen molar-refractivity contribution in [1.29, 1.82) is 0 Å². The number of nitrogens with two attached hydrogens (primary N) is 1. The Morgan fingerprint density at radius 3 is 2.58 bits per heavy atom. The van der Waals surface area contributed by atoms with Gasteiger partial charge in [0.2, 0.25) is 11.8 Å². The fraction of sp³-hybridized carbons (Fsp3) is 0.217. The third-order valence-corrected chi connectivity index (χ3v) is 5.10. The minimum Gasteiger partial charge on any atom is -0.420 e. The third-order valence-electron chi connectivity index (χ3n) is 5.10. The Hall–Kier alpha value is -3.94. The van der Waals surface area contributed by atoms with Crippen LogP contribution in [0.4, 0.5) is 23.1 Å². The minimum atomic E-state index is 0.391. The second kappa shape index (κ2) is 8.43. The van der Waals surface area contributed by atoms with Crippen LogP contribution in [0.2, 0.25) is 0 Å². The number of para-hydroxylation sites is 1. The Bertz CT molecular complexity index is 1150. The number of nitrogens with one attached hydrogen (secondary N) is 2. The van der Waals surface area contributed by atoms with Crippen molar-refractivity contribution in [2.24, 2.45) is 0 Å². The van der Waals surface area contributed by atoms with Crippen LogP contribution in [0.3, 0.4) is 0 Å². The molecular formula is C23H23N7O. The fourth-order valence-corrected chi connectivity index (χ4v) is 3.22. The van der Waals surface area contributed by atoms with Gasteiger partial charge in [-0.2, -0.15) is 4.98 Å². The predicted molar refractivity (Wildman–Crippen MR) is 120 cm³/mol. The van der Waals surface area contributed by atoms with Crippen LogP contribution in [0.15, 0.2) is 65.2 Å². The molecule has 4 N–H and O–H groups in total. The summed E-state index contributed by atoms with van der Waals surface area (Å²) in [5, 5.41) is 15.0. The Labute approximate surface area is 180 Å². The van der Waals surface area contributed by atoms with Crippen LogP contribution in [0.5, 0.6) is 0 Å². The summed E-state index contributed by atoms with van der Waals surface area (Å²) in [6.45, 7) is 0.695. The predicted octanol–water partition coefficient (Wildman–Crippen LogP) is 4.38. The van der Waals surface area contributed by atoms with Gasteiger partial charge in [0, 0.05) is 30.0 Å². The lowest BCUT2D eigenvalue weighted by molar-refractivity contribution is 0.508. The van der Waals surface area contributed by atoms with E-state index in [1.807, 2.05) is 54.6 Å². The number of aromatic nitrogens is 4. The first kappa shape index (κ1) is 19.0. The number of rotatable bonds is 8. The molecule has 31 heavy (non-hydrogen) atoms. The van der Waals surface area contributed by atoms with Gasteiger partial charge in [0.25, 0.3) is 5.89 Å². The summed E-state index contributed by atoms with van der Waals surface area (Å²) < 4.78 is 5.89. The number of nitrogen functional groups attached to an aromatic ring is 1. The number of hydrogen-bond acceptors (Lipinski definition) is 8. The molecule has 156 valence electrons. The van der Waals surface area contributed by atoms with Crippen LogP contribution in [0, 0.1) is 0 Å². The molecule has 0 unspecified atom stereocenters. The van der Waals surface area contributed by atoms with Gasteiger partial charge >= 0.3 is 0 Å². The molecule has 1 fully saturated rings. The number of hydrogen-bond donors (Lipinski definition) is 3. The van der Waals surface area contributed by atoms with Crippen LogP contribution < -0.4 is 16.4 Å². The first-order valence-corrected chi connectivity index (χ1v) is 10.4. The molecule has 2 aromatic carbocycles. The van der Waals surface area contributed by atoms with Gasteiger partial charge in [-0.15, -0.1) is 10.2 Å². The first-order chi connectivity index (χ1) is 15.2. The molecule has 0 radical (unpaired) electrons. The van der Waals surface area contributed by atoms with Crippen LogP contribution in [-0.2, 0) is 6.42 Å². The molecule has 2 heterocycles. The molecule has 0 amide bonds. The fourth-order valence-electron chi connectivity index (χ4n) is 3.22. The Morgan fingerprint density at radius 2 is 1.81 bits per heavy atom. The third kappa shape index (κ3) is 4.63. The maximum Gasteiger partial charge on any atom is 0.253 e. The molecule has 0 saturated heterocycles. The maximum atomic E-state index is 5.89. The van der Waals surface area contributed by atoms with Crippen molar-refractivity contribution in [2.45, 2.75) is 25.2 Å². The van der Waals surface area contributed by atoms with Gasteiger partial charge in [0.05, 0.1) is 0 Å². The van der Waals surface area contributed by atoms with Crippen molar-refractivity contribution in [3.63, 3.8) is 0 Å². The van der Waals surface area contributed by atoms with Gasteiger partial charge in [-0.05, 0) is 49.1 Å². The Balaban J connectivity index is 1.36. The molecule has 2 aromatic heterocycles. The topological polar surface area (TPSA) is 115 Å². The summed E-state index contributed by atoms with van der Waals surface area (Å²) in [6, 6.07) is 17.7. The van der Waals surface area contributed by atoms with E-state index in [9.17, 15) is 0 Å². The molecule has 1 saturated carbocycles. The lowest BCUT2D eigenvalue weighted by Crippen LogP contribution is -2.09. The largest absolute Gasteiger partial charge is 0.420 e. The molecule has 0 aliphatic heterocycles. The molecular weight excluding hydrogens is 390 g/mol. The number of nitrogens with zero attached hydrogens (tertiary/aromatic N) is 4. The zero-order chi connectivity index (χ0) is 21.0. The van der Waals surface area contributed by atoms with Gasteiger partial charge < -0.3 is 20.8 Å². The standard InChI is InChI=1S/C23H23N7O/c24-17-10-6-15(7-11-17)12-13-25-23-26-14-19(22-30-29-21(31-22)16-8-9-16)20(28-23)27-18-4-2-1-3-5-18/h1-7,10-11,14,16H,8-9,12-13,24H2,(H2,25,26,27,28). The summed E-state index contributed by atoms with van der Waals surface area (Å²) >= 11 is 0. The van der Waals surface area contributed by atoms with E-state index in [0.29, 0.717) is 41.6 Å². The van der Waals surface area contributed by atoms with E-state index in [2.05, 4.69) is 30.8 Å². The Kier molecular flexibility index (Phi) is 5.18. The number of benzene rings is 2. The zero-order valence-corrected chi connectivity index (χ0v) is 17.0. The van der Waals surface area contributed by atoms with Crippen molar-refractivity contribution in [3.05, 3.63) is 72.2 Å². The van der Waals surface area contributed by atoms with Crippen molar-refractivity contribution >= 4 is 23.1 Å². The summed E-state index contributed by atoms with van der Waals surface area (Å²) in [5.41, 5.74) is 9.29. The molecule has 0 atom stereocenters. The molecule has 8 nitrogen and oxygen atoms in total. The van der Waals surface area contributed by atoms with E-state index in [4.69, 9.17) is 10.2 Å². The smallest absolute Gasteiger partial charge is 0.253 e. The van der Waals surface area contributed by atoms with Crippen molar-refractivity contribution < 1.29 is 4.42 Å². The molecule has 4 aromatic rings. The summed E-state index contributed by atoms with van der Waals surface area (Å²) in [6.07, 6.45) is 4.75. The van der Waals surface area contributed by atoms with Crippen LogP contribution >= 0.6 is 0 Å². The Morgan fingerprint density at radius 1 is 1.00 bits per heavy atom. The lowest BCUT2D eigenvalue weighted by atomic mass is 10.1. The van der Waals surface area contributed by atoms with Crippen LogP contribution in [0.1, 0.15) is 30.2 Å². The quantitative estimate of drug-likeness (QED) is 0.365. The SMILES string of the molecule is Nc1ccc(CCNc2ncc(-c3nnc(C4CC4)o3)c(Nc3ccccc3)n2)cc1. The molecule has 0 spiro atoms. The van der Waals surface area contributed by atoms with Gasteiger partial charge in [-0.1, -0.05) is 30.3 Å². The van der Waals surface area contributed by atoms with E-state index < -0.39 is 0 Å². The second-order valence-electron chi connectivity index (χ2n) is 7.59. The van der Waals surface area contributed by atoms with E-state index in [1.54, 1.807) is 6.20 Å². The van der Waals surface area contributed by atoms with Gasteiger partial charge in [0.15, 0.2) is 0 Å². The monoisotopic (exact) mass is 413 g/mol. The average molecular weight is 413 g/mol. The van der Waals surface area contributed by atoms with E-state index >= 15 is 0 Å². The van der Waals surface area contributed by atoms with Gasteiger partial charge in [0.1, 0.15) is 11.4 Å². The number of anilines is 4. The highest BCUT2D eigenvalue weighted by molar-refractivity contribution is 5.73. The lowest BCUT2D eigenvalue weighted by Gasteiger charge is -2.11. The zero-order valence-electron chi connectivity index (χ0n) is 17.0. The average Bonchev–Trinajstić information content (AvgIpc) is 3.53. The normalized spacial score (nSPS) is 13.2. The van der Waals surface area contributed by atoms with E-state index in [1.165, 1.54) is 5.56 Å². The molecule has 8 heteroatoms. The molecule has 5 rings (SSSR count). The first-order valence-electron chi connectivity index (χ1n) is 10.4. The highest BCUT2D eigenvalue weighted by atomic mass is 16.4. The van der Waals surface area contributed by atoms with Crippen molar-refractivity contribution in [2.75, 3.05) is 22.9 Å². The van der Waals surface area contributed by atoms with Gasteiger partial charge in [-0.3, -0.25) is 0 Å². The van der Waals surface area contributed by atoms with Crippen LogP contribution in [0.25, 0.3) is 11.5 Å². The highest BCUT2D eigenvalue weighted by Crippen LogP contribution is 2.40. The highest BCUT2D eigenvalue weighted by Gasteiger charge is 2.30. The summed E-state index contributed by atoms with van der Waals surface area (Å²) in [7, 11) is 0. The molecule has 0 bridgehead atoms. The molecule has 1 aliphatic rings. The molecule has 1 aliphatic carbocycles. The second-order valence-corrected chi connectivity index (χ2v) is 7.59. The van der Waals surface area contributed by atoms with Crippen LogP contribution in [-0.4, -0.2) is 26.7 Å². The van der Waals surface area contributed by atoms with Crippen molar-refractivity contribution in [1.82, 2.24) is 20.2 Å². The summed E-state index contributed by atoms with van der Waals surface area (Å²) in [5.74, 6) is 2.64. The van der Waals surface area contributed by atoms with E-state index in [0.717, 1.165) is 30.6 Å². The van der Waals surface area contributed by atoms with E-state index in [-0.39, 0.29) is 0 Å².